The molecule has 0 spiro atoms. The number of nitrogens with one attached hydrogen (secondary N) is 1. The fourth-order valence-corrected chi connectivity index (χ4v) is 3.11. The molecule has 5 nitrogen and oxygen atoms in total. The van der Waals surface area contributed by atoms with Crippen LogP contribution in [-0.2, 0) is 9.59 Å². The van der Waals surface area contributed by atoms with Gasteiger partial charge in [-0.25, -0.2) is 0 Å². The highest BCUT2D eigenvalue weighted by Crippen LogP contribution is 2.19. The minimum atomic E-state index is -0.177. The summed E-state index contributed by atoms with van der Waals surface area (Å²) in [6, 6.07) is 18.9. The summed E-state index contributed by atoms with van der Waals surface area (Å²) < 4.78 is 0.951. The standard InChI is InChI=1S/C21H22BrN3O2/c1-16(17-7-5-8-18(22)15-17)24-20(26)11-12-21(27)25(14-6-13-23)19-9-3-2-4-10-19/h2-5,7-10,15-16H,6,11-12,14H2,1H3,(H,24,26). The highest BCUT2D eigenvalue weighted by molar-refractivity contribution is 9.10. The number of anilines is 1. The van der Waals surface area contributed by atoms with Crippen molar-refractivity contribution in [3.8, 4) is 6.07 Å². The Hall–Kier alpha value is -2.65. The van der Waals surface area contributed by atoms with E-state index in [2.05, 4.69) is 27.3 Å². The van der Waals surface area contributed by atoms with Crippen LogP contribution in [0.15, 0.2) is 59.1 Å². The van der Waals surface area contributed by atoms with Gasteiger partial charge in [-0.3, -0.25) is 9.59 Å². The number of para-hydroxylation sites is 1. The molecule has 2 rings (SSSR count). The molecule has 0 saturated heterocycles. The Morgan fingerprint density at radius 2 is 1.89 bits per heavy atom. The molecule has 2 aromatic rings. The Labute approximate surface area is 168 Å². The zero-order valence-corrected chi connectivity index (χ0v) is 16.8. The van der Waals surface area contributed by atoms with Crippen LogP contribution in [0.1, 0.15) is 37.8 Å². The van der Waals surface area contributed by atoms with Crippen molar-refractivity contribution in [1.82, 2.24) is 5.32 Å². The molecule has 0 fully saturated rings. The van der Waals surface area contributed by atoms with Crippen LogP contribution in [-0.4, -0.2) is 18.4 Å². The van der Waals surface area contributed by atoms with Gasteiger partial charge in [-0.1, -0.05) is 46.3 Å². The van der Waals surface area contributed by atoms with E-state index in [9.17, 15) is 9.59 Å². The summed E-state index contributed by atoms with van der Waals surface area (Å²) in [6.07, 6.45) is 0.442. The number of hydrogen-bond donors (Lipinski definition) is 1. The Kier molecular flexibility index (Phi) is 8.02. The molecule has 1 unspecified atom stereocenters. The average molecular weight is 428 g/mol. The Bertz CT molecular complexity index is 818. The third-order valence-electron chi connectivity index (χ3n) is 4.11. The van der Waals surface area contributed by atoms with Gasteiger partial charge in [-0.2, -0.15) is 5.26 Å². The van der Waals surface area contributed by atoms with Crippen molar-refractivity contribution < 1.29 is 9.59 Å². The van der Waals surface area contributed by atoms with Crippen molar-refractivity contribution in [2.45, 2.75) is 32.2 Å². The van der Waals surface area contributed by atoms with Crippen molar-refractivity contribution >= 4 is 33.4 Å². The smallest absolute Gasteiger partial charge is 0.227 e. The van der Waals surface area contributed by atoms with Gasteiger partial charge < -0.3 is 10.2 Å². The summed E-state index contributed by atoms with van der Waals surface area (Å²) in [5.41, 5.74) is 1.73. The van der Waals surface area contributed by atoms with Crippen molar-refractivity contribution in [2.24, 2.45) is 0 Å². The predicted molar refractivity (Wildman–Crippen MR) is 109 cm³/mol. The van der Waals surface area contributed by atoms with Crippen molar-refractivity contribution in [3.63, 3.8) is 0 Å². The summed E-state index contributed by atoms with van der Waals surface area (Å²) in [5.74, 6) is -0.342. The van der Waals surface area contributed by atoms with Crippen molar-refractivity contribution in [2.75, 3.05) is 11.4 Å². The summed E-state index contributed by atoms with van der Waals surface area (Å²) in [5, 5.41) is 11.8. The molecule has 0 bridgehead atoms. The van der Waals surface area contributed by atoms with E-state index < -0.39 is 0 Å². The van der Waals surface area contributed by atoms with Gasteiger partial charge in [0.05, 0.1) is 18.5 Å². The molecule has 140 valence electrons. The van der Waals surface area contributed by atoms with Crippen LogP contribution in [0.4, 0.5) is 5.69 Å². The van der Waals surface area contributed by atoms with E-state index >= 15 is 0 Å². The van der Waals surface area contributed by atoms with Crippen molar-refractivity contribution in [1.29, 1.82) is 5.26 Å². The fourth-order valence-electron chi connectivity index (χ4n) is 2.70. The lowest BCUT2D eigenvalue weighted by Crippen LogP contribution is -2.33. The SMILES string of the molecule is CC(NC(=O)CCC(=O)N(CCC#N)c1ccccc1)c1cccc(Br)c1. The summed E-state index contributed by atoms with van der Waals surface area (Å²) in [7, 11) is 0. The molecule has 0 aliphatic heterocycles. The van der Waals surface area contributed by atoms with E-state index in [4.69, 9.17) is 5.26 Å². The topological polar surface area (TPSA) is 73.2 Å². The number of nitrogens with zero attached hydrogens (tertiary/aromatic N) is 2. The Morgan fingerprint density at radius 1 is 1.15 bits per heavy atom. The van der Waals surface area contributed by atoms with Gasteiger partial charge in [0.15, 0.2) is 0 Å². The zero-order valence-electron chi connectivity index (χ0n) is 15.2. The fraction of sp³-hybridized carbons (Fsp3) is 0.286. The molecule has 2 amide bonds. The second-order valence-corrected chi connectivity index (χ2v) is 7.05. The van der Waals surface area contributed by atoms with Crippen molar-refractivity contribution in [3.05, 3.63) is 64.6 Å². The van der Waals surface area contributed by atoms with Crippen LogP contribution in [0.25, 0.3) is 0 Å². The first kappa shape index (κ1) is 20.7. The minimum Gasteiger partial charge on any atom is -0.350 e. The lowest BCUT2D eigenvalue weighted by molar-refractivity contribution is -0.125. The van der Waals surface area contributed by atoms with Crippen LogP contribution in [0.5, 0.6) is 0 Å². The number of carbonyl (C=O) groups is 2. The molecular formula is C21H22BrN3O2. The van der Waals surface area contributed by atoms with Gasteiger partial charge in [0.1, 0.15) is 0 Å². The van der Waals surface area contributed by atoms with Gasteiger partial charge in [-0.15, -0.1) is 0 Å². The third kappa shape index (κ3) is 6.54. The maximum atomic E-state index is 12.6. The molecule has 0 aliphatic rings. The number of halogens is 1. The lowest BCUT2D eigenvalue weighted by Gasteiger charge is -2.22. The van der Waals surface area contributed by atoms with Gasteiger partial charge in [-0.05, 0) is 36.8 Å². The maximum absolute atomic E-state index is 12.6. The second kappa shape index (κ2) is 10.5. The Balaban J connectivity index is 1.92. The molecule has 6 heteroatoms. The second-order valence-electron chi connectivity index (χ2n) is 6.13. The molecule has 1 N–H and O–H groups in total. The number of nitriles is 1. The summed E-state index contributed by atoms with van der Waals surface area (Å²) >= 11 is 3.42. The van der Waals surface area contributed by atoms with Gasteiger partial charge in [0.25, 0.3) is 0 Å². The third-order valence-corrected chi connectivity index (χ3v) is 4.60. The maximum Gasteiger partial charge on any atom is 0.227 e. The minimum absolute atomic E-state index is 0.0946. The highest BCUT2D eigenvalue weighted by Gasteiger charge is 2.17. The van der Waals surface area contributed by atoms with E-state index in [0.717, 1.165) is 15.7 Å². The van der Waals surface area contributed by atoms with E-state index in [1.54, 1.807) is 4.90 Å². The molecule has 0 aromatic heterocycles. The highest BCUT2D eigenvalue weighted by atomic mass is 79.9. The molecule has 2 aromatic carbocycles. The lowest BCUT2D eigenvalue weighted by atomic mass is 10.1. The molecule has 0 heterocycles. The van der Waals surface area contributed by atoms with E-state index in [1.807, 2.05) is 61.5 Å². The molecule has 0 aliphatic carbocycles. The van der Waals surface area contributed by atoms with Crippen LogP contribution >= 0.6 is 15.9 Å². The predicted octanol–water partition coefficient (Wildman–Crippen LogP) is 4.35. The molecule has 27 heavy (non-hydrogen) atoms. The summed E-state index contributed by atoms with van der Waals surface area (Å²) in [4.78, 5) is 26.4. The van der Waals surface area contributed by atoms with Gasteiger partial charge in [0, 0.05) is 29.5 Å². The first-order chi connectivity index (χ1) is 13.0. The van der Waals surface area contributed by atoms with E-state index in [1.165, 1.54) is 0 Å². The number of hydrogen-bond acceptors (Lipinski definition) is 3. The number of benzene rings is 2. The normalized spacial score (nSPS) is 11.3. The first-order valence-electron chi connectivity index (χ1n) is 8.78. The molecule has 1 atom stereocenters. The molecule has 0 saturated carbocycles. The van der Waals surface area contributed by atoms with Gasteiger partial charge in [0.2, 0.25) is 11.8 Å². The van der Waals surface area contributed by atoms with Crippen LogP contribution < -0.4 is 10.2 Å². The van der Waals surface area contributed by atoms with Crippen LogP contribution in [0.3, 0.4) is 0 Å². The number of amides is 2. The average Bonchev–Trinajstić information content (AvgIpc) is 2.67. The monoisotopic (exact) mass is 427 g/mol. The Morgan fingerprint density at radius 3 is 2.56 bits per heavy atom. The largest absolute Gasteiger partial charge is 0.350 e. The number of carbonyl (C=O) groups excluding carboxylic acids is 2. The van der Waals surface area contributed by atoms with E-state index in [-0.39, 0.29) is 37.1 Å². The first-order valence-corrected chi connectivity index (χ1v) is 9.57. The zero-order chi connectivity index (χ0) is 19.6. The number of rotatable bonds is 8. The molecular weight excluding hydrogens is 406 g/mol. The van der Waals surface area contributed by atoms with Gasteiger partial charge >= 0.3 is 0 Å². The molecule has 0 radical (unpaired) electrons. The summed E-state index contributed by atoms with van der Waals surface area (Å²) in [6.45, 7) is 2.22. The van der Waals surface area contributed by atoms with Crippen LogP contribution in [0, 0.1) is 11.3 Å². The van der Waals surface area contributed by atoms with E-state index in [0.29, 0.717) is 6.54 Å². The van der Waals surface area contributed by atoms with Crippen LogP contribution in [0.2, 0.25) is 0 Å². The quantitative estimate of drug-likeness (QED) is 0.679.